The number of nitrogens with two attached hydrogens (primary N) is 1. The Morgan fingerprint density at radius 1 is 1.10 bits per heavy atom. The average molecular weight is 316 g/mol. The second-order valence-corrected chi connectivity index (χ2v) is 5.73. The number of carbonyl (C=O) groups is 1. The molecule has 3 nitrogen and oxygen atoms in total. The molecule has 0 bridgehead atoms. The van der Waals surface area contributed by atoms with Crippen molar-refractivity contribution in [1.82, 2.24) is 0 Å². The first-order chi connectivity index (χ1) is 10.1. The Balaban J connectivity index is 2.43. The van der Waals surface area contributed by atoms with Gasteiger partial charge in [0.25, 0.3) is 5.91 Å². The van der Waals surface area contributed by atoms with Crippen molar-refractivity contribution in [3.05, 3.63) is 59.7 Å². The first-order valence-corrected chi connectivity index (χ1v) is 7.99. The fourth-order valence-corrected chi connectivity index (χ4v) is 2.85. The molecule has 2 rings (SSSR count). The largest absolute Gasteiger partial charge is 0.389 e. The molecule has 2 N–H and O–H groups in total. The summed E-state index contributed by atoms with van der Waals surface area (Å²) in [7, 11) is 1.73. The summed E-state index contributed by atoms with van der Waals surface area (Å²) in [5.74, 6) is -0.0800. The molecule has 0 heterocycles. The predicted octanol–water partition coefficient (Wildman–Crippen LogP) is 3.32. The van der Waals surface area contributed by atoms with E-state index in [1.807, 2.05) is 54.8 Å². The molecule has 2 aromatic carbocycles. The highest BCUT2D eigenvalue weighted by Crippen LogP contribution is 2.25. The van der Waals surface area contributed by atoms with E-state index in [2.05, 4.69) is 0 Å². The lowest BCUT2D eigenvalue weighted by Crippen LogP contribution is -2.29. The van der Waals surface area contributed by atoms with Crippen molar-refractivity contribution in [3.8, 4) is 0 Å². The summed E-state index contributed by atoms with van der Waals surface area (Å²) in [6.45, 7) is 0. The third-order valence-corrected chi connectivity index (χ3v) is 4.19. The van der Waals surface area contributed by atoms with Crippen molar-refractivity contribution in [2.45, 2.75) is 4.90 Å². The van der Waals surface area contributed by atoms with E-state index in [-0.39, 0.29) is 10.9 Å². The van der Waals surface area contributed by atoms with E-state index in [9.17, 15) is 4.79 Å². The Labute approximate surface area is 134 Å². The van der Waals surface area contributed by atoms with E-state index in [1.165, 1.54) is 0 Å². The molecule has 0 atom stereocenters. The lowest BCUT2D eigenvalue weighted by molar-refractivity contribution is 0.0990. The molecule has 0 saturated heterocycles. The lowest BCUT2D eigenvalue weighted by Gasteiger charge is -2.21. The molecule has 0 aliphatic heterocycles. The van der Waals surface area contributed by atoms with Gasteiger partial charge < -0.3 is 10.6 Å². The quantitative estimate of drug-likeness (QED) is 0.694. The molecule has 0 spiro atoms. The Morgan fingerprint density at radius 3 is 2.29 bits per heavy atom. The highest BCUT2D eigenvalue weighted by Gasteiger charge is 2.19. The van der Waals surface area contributed by atoms with Gasteiger partial charge in [-0.15, -0.1) is 11.8 Å². The normalized spacial score (nSPS) is 10.2. The number of para-hydroxylation sites is 1. The van der Waals surface area contributed by atoms with Crippen LogP contribution in [-0.2, 0) is 0 Å². The fourth-order valence-electron chi connectivity index (χ4n) is 2.09. The standard InChI is InChI=1S/C16H16N2OS2/c1-18(13-9-5-3-7-11(13)15(17)20)16(19)12-8-4-6-10-14(12)21-2/h3-10H,1-2H3,(H2,17,20). The number of thiocarbonyl (C=S) groups is 1. The van der Waals surface area contributed by atoms with E-state index >= 15 is 0 Å². The molecule has 0 aliphatic rings. The van der Waals surface area contributed by atoms with Crippen LogP contribution in [0.5, 0.6) is 0 Å². The second-order valence-electron chi connectivity index (χ2n) is 4.45. The molecule has 108 valence electrons. The number of thioether (sulfide) groups is 1. The maximum absolute atomic E-state index is 12.7. The van der Waals surface area contributed by atoms with Gasteiger partial charge in [-0.2, -0.15) is 0 Å². The number of benzene rings is 2. The van der Waals surface area contributed by atoms with Gasteiger partial charge in [-0.05, 0) is 30.5 Å². The fraction of sp³-hybridized carbons (Fsp3) is 0.125. The number of carbonyl (C=O) groups excluding carboxylic acids is 1. The molecular weight excluding hydrogens is 300 g/mol. The average Bonchev–Trinajstić information content (AvgIpc) is 2.53. The predicted molar refractivity (Wildman–Crippen MR) is 93.3 cm³/mol. The molecule has 21 heavy (non-hydrogen) atoms. The number of anilines is 1. The van der Waals surface area contributed by atoms with Gasteiger partial charge in [0.15, 0.2) is 0 Å². The Hall–Kier alpha value is -1.85. The molecule has 2 aromatic rings. The van der Waals surface area contributed by atoms with Crippen LogP contribution in [-0.4, -0.2) is 24.2 Å². The van der Waals surface area contributed by atoms with Crippen molar-refractivity contribution in [3.63, 3.8) is 0 Å². The van der Waals surface area contributed by atoms with Gasteiger partial charge in [0.1, 0.15) is 4.99 Å². The molecule has 0 saturated carbocycles. The van der Waals surface area contributed by atoms with Gasteiger partial charge in [-0.3, -0.25) is 4.79 Å². The molecule has 5 heteroatoms. The number of amides is 1. The van der Waals surface area contributed by atoms with Crippen molar-refractivity contribution in [2.75, 3.05) is 18.2 Å². The van der Waals surface area contributed by atoms with Crippen molar-refractivity contribution in [2.24, 2.45) is 5.73 Å². The topological polar surface area (TPSA) is 46.3 Å². The van der Waals surface area contributed by atoms with Crippen LogP contribution in [0.15, 0.2) is 53.4 Å². The van der Waals surface area contributed by atoms with Gasteiger partial charge in [-0.1, -0.05) is 36.5 Å². The van der Waals surface area contributed by atoms with Crippen molar-refractivity contribution in [1.29, 1.82) is 0 Å². The van der Waals surface area contributed by atoms with Gasteiger partial charge in [0, 0.05) is 17.5 Å². The van der Waals surface area contributed by atoms with Gasteiger partial charge in [-0.25, -0.2) is 0 Å². The van der Waals surface area contributed by atoms with Crippen LogP contribution in [0.2, 0.25) is 0 Å². The molecule has 0 aromatic heterocycles. The molecule has 0 radical (unpaired) electrons. The minimum Gasteiger partial charge on any atom is -0.389 e. The maximum Gasteiger partial charge on any atom is 0.259 e. The summed E-state index contributed by atoms with van der Waals surface area (Å²) in [6.07, 6.45) is 1.95. The number of nitrogens with zero attached hydrogens (tertiary/aromatic N) is 1. The van der Waals surface area contributed by atoms with Crippen LogP contribution < -0.4 is 10.6 Å². The minimum atomic E-state index is -0.0800. The van der Waals surface area contributed by atoms with Gasteiger partial charge in [0.2, 0.25) is 0 Å². The summed E-state index contributed by atoms with van der Waals surface area (Å²) in [6, 6.07) is 14.9. The number of hydrogen-bond acceptors (Lipinski definition) is 3. The van der Waals surface area contributed by atoms with Crippen LogP contribution in [0.1, 0.15) is 15.9 Å². The Kier molecular flexibility index (Phi) is 4.98. The third-order valence-electron chi connectivity index (χ3n) is 3.17. The monoisotopic (exact) mass is 316 g/mol. The van der Waals surface area contributed by atoms with E-state index in [4.69, 9.17) is 18.0 Å². The summed E-state index contributed by atoms with van der Waals surface area (Å²) in [5, 5.41) is 0. The van der Waals surface area contributed by atoms with Gasteiger partial charge in [0.05, 0.1) is 11.3 Å². The lowest BCUT2D eigenvalue weighted by atomic mass is 10.1. The smallest absolute Gasteiger partial charge is 0.259 e. The van der Waals surface area contributed by atoms with Crippen molar-refractivity contribution < 1.29 is 4.79 Å². The first-order valence-electron chi connectivity index (χ1n) is 6.36. The van der Waals surface area contributed by atoms with Crippen LogP contribution in [0.4, 0.5) is 5.69 Å². The minimum absolute atomic E-state index is 0.0800. The van der Waals surface area contributed by atoms with Crippen molar-refractivity contribution >= 4 is 40.6 Å². The molecule has 0 aliphatic carbocycles. The van der Waals surface area contributed by atoms with E-state index < -0.39 is 0 Å². The van der Waals surface area contributed by atoms with Crippen LogP contribution in [0.3, 0.4) is 0 Å². The maximum atomic E-state index is 12.7. The molecule has 1 amide bonds. The summed E-state index contributed by atoms with van der Waals surface area (Å²) < 4.78 is 0. The summed E-state index contributed by atoms with van der Waals surface area (Å²) in [4.78, 5) is 15.5. The first kappa shape index (κ1) is 15.5. The van der Waals surface area contributed by atoms with Crippen LogP contribution in [0, 0.1) is 0 Å². The number of rotatable bonds is 4. The zero-order valence-electron chi connectivity index (χ0n) is 11.9. The van der Waals surface area contributed by atoms with E-state index in [0.717, 1.165) is 4.90 Å². The van der Waals surface area contributed by atoms with E-state index in [0.29, 0.717) is 16.8 Å². The Bertz CT molecular complexity index is 685. The third kappa shape index (κ3) is 3.25. The summed E-state index contributed by atoms with van der Waals surface area (Å²) in [5.41, 5.74) is 7.82. The summed E-state index contributed by atoms with van der Waals surface area (Å²) >= 11 is 6.61. The second kappa shape index (κ2) is 6.74. The molecule has 0 unspecified atom stereocenters. The van der Waals surface area contributed by atoms with Gasteiger partial charge >= 0.3 is 0 Å². The highest BCUT2D eigenvalue weighted by atomic mass is 32.2. The van der Waals surface area contributed by atoms with Crippen LogP contribution in [0.25, 0.3) is 0 Å². The molecule has 0 fully saturated rings. The van der Waals surface area contributed by atoms with E-state index in [1.54, 1.807) is 23.7 Å². The zero-order valence-corrected chi connectivity index (χ0v) is 13.5. The number of hydrogen-bond donors (Lipinski definition) is 1. The van der Waals surface area contributed by atoms with Crippen LogP contribution >= 0.6 is 24.0 Å². The highest BCUT2D eigenvalue weighted by molar-refractivity contribution is 7.98. The SMILES string of the molecule is CSc1ccccc1C(=O)N(C)c1ccccc1C(N)=S. The Morgan fingerprint density at radius 2 is 1.67 bits per heavy atom. The molecular formula is C16H16N2OS2. The zero-order chi connectivity index (χ0) is 15.4.